The van der Waals surface area contributed by atoms with E-state index in [0.717, 1.165) is 0 Å². The third-order valence-corrected chi connectivity index (χ3v) is 0.762. The molecule has 0 aromatic heterocycles. The van der Waals surface area contributed by atoms with Gasteiger partial charge in [0, 0.05) is 19.5 Å². The standard InChI is InChI=1S/C3H8O2S.Zn/c1-3(2)5-6-4;/h3,6H,1-2H3;. The van der Waals surface area contributed by atoms with E-state index in [1.807, 2.05) is 13.8 Å². The van der Waals surface area contributed by atoms with Gasteiger partial charge in [-0.25, -0.2) is 4.21 Å². The molecule has 0 rings (SSSR count). The minimum absolute atomic E-state index is 0. The van der Waals surface area contributed by atoms with E-state index in [1.165, 1.54) is 0 Å². The summed E-state index contributed by atoms with van der Waals surface area (Å²) in [6.07, 6.45) is 0.0733. The second-order valence-corrected chi connectivity index (χ2v) is 1.59. The van der Waals surface area contributed by atoms with Gasteiger partial charge in [-0.1, -0.05) is 0 Å². The largest absolute Gasteiger partial charge is 0.290 e. The van der Waals surface area contributed by atoms with Crippen molar-refractivity contribution in [3.05, 3.63) is 0 Å². The second-order valence-electron chi connectivity index (χ2n) is 1.23. The Morgan fingerprint density at radius 2 is 2.00 bits per heavy atom. The molecule has 0 atom stereocenters. The number of rotatable bonds is 2. The third kappa shape index (κ3) is 10.8. The van der Waals surface area contributed by atoms with Gasteiger partial charge < -0.3 is 0 Å². The van der Waals surface area contributed by atoms with Gasteiger partial charge in [0.25, 0.3) is 0 Å². The van der Waals surface area contributed by atoms with Crippen LogP contribution in [0.25, 0.3) is 0 Å². The summed E-state index contributed by atoms with van der Waals surface area (Å²) < 4.78 is 13.9. The first-order valence-electron chi connectivity index (χ1n) is 1.76. The molecule has 0 fully saturated rings. The Kier molecular flexibility index (Phi) is 10.3. The van der Waals surface area contributed by atoms with Crippen LogP contribution in [0, 0.1) is 0 Å². The monoisotopic (exact) mass is 172 g/mol. The van der Waals surface area contributed by atoms with Gasteiger partial charge in [0.05, 0.1) is 6.10 Å². The van der Waals surface area contributed by atoms with Gasteiger partial charge in [-0.3, -0.25) is 4.18 Å². The van der Waals surface area contributed by atoms with Crippen molar-refractivity contribution in [3.63, 3.8) is 0 Å². The van der Waals surface area contributed by atoms with E-state index in [0.29, 0.717) is 0 Å². The summed E-state index contributed by atoms with van der Waals surface area (Å²) in [6, 6.07) is 0. The molecule has 0 saturated carbocycles. The van der Waals surface area contributed by atoms with Gasteiger partial charge in [0.15, 0.2) is 0 Å². The fourth-order valence-electron chi connectivity index (χ4n) is 0.0861. The van der Waals surface area contributed by atoms with Gasteiger partial charge in [0.1, 0.15) is 11.9 Å². The van der Waals surface area contributed by atoms with Crippen molar-refractivity contribution in [3.8, 4) is 0 Å². The van der Waals surface area contributed by atoms with Crippen LogP contribution in [-0.2, 0) is 35.6 Å². The van der Waals surface area contributed by atoms with E-state index in [1.54, 1.807) is 0 Å². The molecule has 0 aromatic rings. The predicted octanol–water partition coefficient (Wildman–Crippen LogP) is 0.269. The Labute approximate surface area is 60.1 Å². The molecule has 0 aliphatic carbocycles. The van der Waals surface area contributed by atoms with Crippen molar-refractivity contribution in [2.45, 2.75) is 20.0 Å². The molecule has 0 amide bonds. The van der Waals surface area contributed by atoms with Crippen molar-refractivity contribution in [2.24, 2.45) is 0 Å². The van der Waals surface area contributed by atoms with Gasteiger partial charge in [-0.15, -0.1) is 0 Å². The fraction of sp³-hybridized carbons (Fsp3) is 1.00. The number of thiol groups is 1. The molecule has 0 aromatic carbocycles. The zero-order valence-electron chi connectivity index (χ0n) is 4.55. The first-order chi connectivity index (χ1) is 2.77. The molecule has 0 heterocycles. The summed E-state index contributed by atoms with van der Waals surface area (Å²) in [5, 5.41) is 0. The van der Waals surface area contributed by atoms with Crippen LogP contribution in [0.2, 0.25) is 0 Å². The van der Waals surface area contributed by atoms with Gasteiger partial charge in [-0.2, -0.15) is 0 Å². The zero-order valence-corrected chi connectivity index (χ0v) is 8.41. The van der Waals surface area contributed by atoms with E-state index >= 15 is 0 Å². The Hall–Kier alpha value is 0.733. The molecule has 2 nitrogen and oxygen atoms in total. The minimum Gasteiger partial charge on any atom is -0.290 e. The maximum Gasteiger partial charge on any atom is 0.142 e. The molecule has 4 heteroatoms. The predicted molar refractivity (Wildman–Crippen MR) is 25.8 cm³/mol. The van der Waals surface area contributed by atoms with Crippen LogP contribution < -0.4 is 0 Å². The first-order valence-corrected chi connectivity index (χ1v) is 2.49. The van der Waals surface area contributed by atoms with Crippen molar-refractivity contribution in [1.29, 1.82) is 0 Å². The molecule has 7 heavy (non-hydrogen) atoms. The van der Waals surface area contributed by atoms with Crippen LogP contribution in [0.1, 0.15) is 13.8 Å². The normalized spacial score (nSPS) is 8.43. The van der Waals surface area contributed by atoms with E-state index < -0.39 is 0 Å². The topological polar surface area (TPSA) is 26.3 Å². The molecular formula is C3H8O2SZn. The van der Waals surface area contributed by atoms with Crippen LogP contribution >= 0.6 is 0 Å². The molecule has 0 N–H and O–H groups in total. The van der Waals surface area contributed by atoms with Crippen LogP contribution in [0.5, 0.6) is 0 Å². The third-order valence-electron chi connectivity index (χ3n) is 0.254. The van der Waals surface area contributed by atoms with Crippen LogP contribution in [0.15, 0.2) is 0 Å². The van der Waals surface area contributed by atoms with E-state index in [9.17, 15) is 4.21 Å². The van der Waals surface area contributed by atoms with Crippen molar-refractivity contribution >= 4 is 11.9 Å². The summed E-state index contributed by atoms with van der Waals surface area (Å²) >= 11 is -0.226. The Balaban J connectivity index is 0. The maximum atomic E-state index is 9.49. The summed E-state index contributed by atoms with van der Waals surface area (Å²) in [5.74, 6) is 0. The molecule has 0 saturated heterocycles. The maximum absolute atomic E-state index is 9.49. The molecule has 0 spiro atoms. The Bertz CT molecular complexity index is 48.2. The van der Waals surface area contributed by atoms with Crippen LogP contribution in [-0.4, -0.2) is 10.3 Å². The molecule has 0 aliphatic rings. The number of hydrogen-bond acceptors (Lipinski definition) is 2. The summed E-state index contributed by atoms with van der Waals surface area (Å²) in [6.45, 7) is 3.65. The average Bonchev–Trinajstić information content (AvgIpc) is 1.35. The van der Waals surface area contributed by atoms with Gasteiger partial charge in [-0.05, 0) is 13.8 Å². The first kappa shape index (κ1) is 10.7. The van der Waals surface area contributed by atoms with Crippen LogP contribution in [0.4, 0.5) is 0 Å². The van der Waals surface area contributed by atoms with Gasteiger partial charge >= 0.3 is 0 Å². The molecule has 0 bridgehead atoms. The van der Waals surface area contributed by atoms with Crippen molar-refractivity contribution in [2.75, 3.05) is 0 Å². The smallest absolute Gasteiger partial charge is 0.142 e. The second kappa shape index (κ2) is 6.73. The van der Waals surface area contributed by atoms with Crippen molar-refractivity contribution < 1.29 is 27.9 Å². The quantitative estimate of drug-likeness (QED) is 0.479. The van der Waals surface area contributed by atoms with E-state index in [2.05, 4.69) is 4.18 Å². The number of hydrogen-bond donors (Lipinski definition) is 1. The SMILES string of the molecule is CC(C)O[SH]=O.[Zn]. The Morgan fingerprint density at radius 1 is 1.57 bits per heavy atom. The molecule has 0 aliphatic heterocycles. The zero-order chi connectivity index (χ0) is 4.99. The van der Waals surface area contributed by atoms with Gasteiger partial charge in [0.2, 0.25) is 0 Å². The molecule has 0 radical (unpaired) electrons. The summed E-state index contributed by atoms with van der Waals surface area (Å²) in [7, 11) is 0. The molecule has 40 valence electrons. The fourth-order valence-corrected chi connectivity index (χ4v) is 0.258. The minimum atomic E-state index is -0.226. The molecular weight excluding hydrogens is 165 g/mol. The van der Waals surface area contributed by atoms with Crippen LogP contribution in [0.3, 0.4) is 0 Å². The Morgan fingerprint density at radius 3 is 2.00 bits per heavy atom. The molecule has 0 unspecified atom stereocenters. The van der Waals surface area contributed by atoms with E-state index in [-0.39, 0.29) is 37.5 Å². The average molecular weight is 174 g/mol. The van der Waals surface area contributed by atoms with E-state index in [4.69, 9.17) is 0 Å². The summed E-state index contributed by atoms with van der Waals surface area (Å²) in [4.78, 5) is 0. The summed E-state index contributed by atoms with van der Waals surface area (Å²) in [5.41, 5.74) is 0. The van der Waals surface area contributed by atoms with Crippen molar-refractivity contribution in [1.82, 2.24) is 0 Å².